The Labute approximate surface area is 159 Å². The summed E-state index contributed by atoms with van der Waals surface area (Å²) in [6.45, 7) is 7.79. The Morgan fingerprint density at radius 1 is 1.19 bits per heavy atom. The summed E-state index contributed by atoms with van der Waals surface area (Å²) in [5.74, 6) is 1.42. The summed E-state index contributed by atoms with van der Waals surface area (Å²) >= 11 is 5.19. The van der Waals surface area contributed by atoms with Crippen molar-refractivity contribution in [2.24, 2.45) is 7.05 Å². The van der Waals surface area contributed by atoms with E-state index in [4.69, 9.17) is 12.2 Å². The average Bonchev–Trinajstić information content (AvgIpc) is 2.96. The van der Waals surface area contributed by atoms with Gasteiger partial charge in [0.15, 0.2) is 4.77 Å². The summed E-state index contributed by atoms with van der Waals surface area (Å²) < 4.78 is 2.57. The molecule has 26 heavy (non-hydrogen) atoms. The van der Waals surface area contributed by atoms with Crippen LogP contribution < -0.4 is 0 Å². The number of carbonyl (C=O) groups excluding carboxylic acids is 1. The van der Waals surface area contributed by atoms with Crippen molar-refractivity contribution in [2.75, 3.05) is 13.1 Å². The topological polar surface area (TPSA) is 53.9 Å². The minimum absolute atomic E-state index is 0.0800. The molecule has 0 atom stereocenters. The minimum atomic E-state index is 0.0800. The van der Waals surface area contributed by atoms with Gasteiger partial charge in [0.2, 0.25) is 5.91 Å². The number of aromatic amines is 1. The molecule has 1 saturated heterocycles. The molecule has 2 heterocycles. The number of nitrogens with one attached hydrogen (secondary N) is 1. The van der Waals surface area contributed by atoms with Gasteiger partial charge in [-0.15, -0.1) is 0 Å². The molecule has 0 bridgehead atoms. The number of aromatic nitrogens is 3. The van der Waals surface area contributed by atoms with Gasteiger partial charge in [-0.05, 0) is 74.2 Å². The molecule has 1 fully saturated rings. The Hall–Kier alpha value is -2.21. The number of amides is 1. The van der Waals surface area contributed by atoms with Gasteiger partial charge in [-0.1, -0.05) is 12.1 Å². The van der Waals surface area contributed by atoms with E-state index in [0.29, 0.717) is 10.7 Å². The Bertz CT molecular complexity index is 901. The third-order valence-electron chi connectivity index (χ3n) is 5.37. The zero-order valence-electron chi connectivity index (χ0n) is 15.9. The first-order chi connectivity index (χ1) is 12.4. The maximum absolute atomic E-state index is 12.5. The fraction of sp³-hybridized carbons (Fsp3) is 0.450. The highest BCUT2D eigenvalue weighted by Crippen LogP contribution is 2.26. The molecule has 138 valence electrons. The van der Waals surface area contributed by atoms with Gasteiger partial charge < -0.3 is 9.47 Å². The molecule has 6 heteroatoms. The summed E-state index contributed by atoms with van der Waals surface area (Å²) in [7, 11) is 1.94. The van der Waals surface area contributed by atoms with Crippen LogP contribution in [0.1, 0.15) is 46.8 Å². The Kier molecular flexibility index (Phi) is 5.41. The fourth-order valence-electron chi connectivity index (χ4n) is 3.51. The summed E-state index contributed by atoms with van der Waals surface area (Å²) in [4.78, 5) is 14.5. The van der Waals surface area contributed by atoms with Crippen LogP contribution in [-0.2, 0) is 11.8 Å². The lowest BCUT2D eigenvalue weighted by Crippen LogP contribution is -2.37. The number of likely N-dealkylation sites (tertiary alicyclic amines) is 1. The molecule has 0 unspecified atom stereocenters. The van der Waals surface area contributed by atoms with E-state index >= 15 is 0 Å². The quantitative estimate of drug-likeness (QED) is 0.660. The van der Waals surface area contributed by atoms with Crippen molar-refractivity contribution in [1.82, 2.24) is 19.7 Å². The lowest BCUT2D eigenvalue weighted by molar-refractivity contribution is -0.127. The number of H-pyrrole nitrogens is 1. The Morgan fingerprint density at radius 2 is 1.85 bits per heavy atom. The fourth-order valence-corrected chi connectivity index (χ4v) is 3.65. The number of hydrogen-bond donors (Lipinski definition) is 1. The predicted octanol–water partition coefficient (Wildman–Crippen LogP) is 3.82. The molecule has 0 spiro atoms. The molecule has 1 N–H and O–H groups in total. The smallest absolute Gasteiger partial charge is 0.246 e. The second kappa shape index (κ2) is 7.58. The molecule has 0 saturated carbocycles. The van der Waals surface area contributed by atoms with Gasteiger partial charge in [0.05, 0.1) is 0 Å². The van der Waals surface area contributed by atoms with Crippen molar-refractivity contribution in [2.45, 2.75) is 39.5 Å². The number of rotatable bonds is 3. The highest BCUT2D eigenvalue weighted by Gasteiger charge is 2.25. The highest BCUT2D eigenvalue weighted by atomic mass is 32.1. The summed E-state index contributed by atoms with van der Waals surface area (Å²) in [5.41, 5.74) is 4.83. The van der Waals surface area contributed by atoms with Gasteiger partial charge in [-0.2, -0.15) is 5.10 Å². The Balaban J connectivity index is 1.63. The van der Waals surface area contributed by atoms with Crippen LogP contribution in [-0.4, -0.2) is 38.7 Å². The van der Waals surface area contributed by atoms with Crippen LogP contribution in [0.5, 0.6) is 0 Å². The summed E-state index contributed by atoms with van der Waals surface area (Å²) in [6, 6.07) is 4.31. The first kappa shape index (κ1) is 18.6. The molecule has 0 radical (unpaired) electrons. The number of hydrogen-bond acceptors (Lipinski definition) is 3. The van der Waals surface area contributed by atoms with Crippen LogP contribution in [0.2, 0.25) is 0 Å². The van der Waals surface area contributed by atoms with Crippen molar-refractivity contribution in [3.8, 4) is 0 Å². The van der Waals surface area contributed by atoms with E-state index in [-0.39, 0.29) is 5.91 Å². The van der Waals surface area contributed by atoms with Gasteiger partial charge in [0, 0.05) is 32.1 Å². The van der Waals surface area contributed by atoms with Crippen LogP contribution in [0.15, 0.2) is 18.2 Å². The van der Waals surface area contributed by atoms with Gasteiger partial charge in [0.25, 0.3) is 0 Å². The highest BCUT2D eigenvalue weighted by molar-refractivity contribution is 7.71. The number of piperidine rings is 1. The average molecular weight is 371 g/mol. The molecule has 0 aliphatic carbocycles. The molecular formula is C20H26N4OS. The van der Waals surface area contributed by atoms with E-state index in [0.717, 1.165) is 37.3 Å². The van der Waals surface area contributed by atoms with Crippen molar-refractivity contribution >= 4 is 24.2 Å². The summed E-state index contributed by atoms with van der Waals surface area (Å²) in [6.07, 6.45) is 5.46. The number of carbonyl (C=O) groups is 1. The maximum Gasteiger partial charge on any atom is 0.246 e. The zero-order valence-corrected chi connectivity index (χ0v) is 16.7. The second-order valence-electron chi connectivity index (χ2n) is 7.17. The van der Waals surface area contributed by atoms with Crippen LogP contribution in [0, 0.1) is 25.5 Å². The second-order valence-corrected chi connectivity index (χ2v) is 7.56. The summed E-state index contributed by atoms with van der Waals surface area (Å²) in [5, 5.41) is 7.18. The molecule has 3 rings (SSSR count). The standard InChI is InChI=1S/C20H26N4OS/c1-13-11-15(3)17(12-14(13)2)5-6-18(25)24-9-7-16(8-10-24)19-21-22-20(26)23(19)4/h5-6,11-12,16H,7-10H2,1-4H3,(H,22,26). The normalized spacial score (nSPS) is 15.8. The van der Waals surface area contributed by atoms with Crippen molar-refractivity contribution in [1.29, 1.82) is 0 Å². The lowest BCUT2D eigenvalue weighted by Gasteiger charge is -2.30. The van der Waals surface area contributed by atoms with Gasteiger partial charge in [-0.25, -0.2) is 0 Å². The molecule has 1 aliphatic rings. The Morgan fingerprint density at radius 3 is 2.46 bits per heavy atom. The van der Waals surface area contributed by atoms with Crippen LogP contribution in [0.3, 0.4) is 0 Å². The third-order valence-corrected chi connectivity index (χ3v) is 5.74. The van der Waals surface area contributed by atoms with Crippen LogP contribution >= 0.6 is 12.2 Å². The van der Waals surface area contributed by atoms with E-state index in [1.54, 1.807) is 6.08 Å². The molecular weight excluding hydrogens is 344 g/mol. The number of aryl methyl sites for hydroxylation is 3. The van der Waals surface area contributed by atoms with Crippen molar-refractivity contribution < 1.29 is 4.79 Å². The predicted molar refractivity (Wildman–Crippen MR) is 107 cm³/mol. The molecule has 2 aromatic rings. The molecule has 5 nitrogen and oxygen atoms in total. The van der Waals surface area contributed by atoms with Gasteiger partial charge >= 0.3 is 0 Å². The zero-order chi connectivity index (χ0) is 18.8. The monoisotopic (exact) mass is 370 g/mol. The largest absolute Gasteiger partial charge is 0.339 e. The van der Waals surface area contributed by atoms with Gasteiger partial charge in [0.1, 0.15) is 5.82 Å². The van der Waals surface area contributed by atoms with Gasteiger partial charge in [-0.3, -0.25) is 9.89 Å². The van der Waals surface area contributed by atoms with E-state index in [2.05, 4.69) is 43.1 Å². The molecule has 1 amide bonds. The minimum Gasteiger partial charge on any atom is -0.339 e. The molecule has 1 aromatic heterocycles. The van der Waals surface area contributed by atoms with Crippen LogP contribution in [0.25, 0.3) is 6.08 Å². The third kappa shape index (κ3) is 3.80. The van der Waals surface area contributed by atoms with E-state index in [1.807, 2.05) is 22.6 Å². The molecule has 1 aliphatic heterocycles. The number of benzene rings is 1. The molecule has 1 aromatic carbocycles. The number of nitrogens with zero attached hydrogens (tertiary/aromatic N) is 3. The van der Waals surface area contributed by atoms with E-state index < -0.39 is 0 Å². The van der Waals surface area contributed by atoms with Crippen LogP contribution in [0.4, 0.5) is 0 Å². The SMILES string of the molecule is Cc1cc(C)c(C=CC(=O)N2CCC(c3n[nH]c(=S)n3C)CC2)cc1C. The first-order valence-corrected chi connectivity index (χ1v) is 9.43. The van der Waals surface area contributed by atoms with E-state index in [1.165, 1.54) is 16.7 Å². The van der Waals surface area contributed by atoms with E-state index in [9.17, 15) is 4.79 Å². The lowest BCUT2D eigenvalue weighted by atomic mass is 9.95. The van der Waals surface area contributed by atoms with Crippen molar-refractivity contribution in [3.63, 3.8) is 0 Å². The van der Waals surface area contributed by atoms with Crippen molar-refractivity contribution in [3.05, 3.63) is 51.1 Å². The first-order valence-electron chi connectivity index (χ1n) is 9.03. The maximum atomic E-state index is 12.5.